The molecule has 1 heterocycles. The van der Waals surface area contributed by atoms with Crippen molar-refractivity contribution in [2.75, 3.05) is 13.6 Å². The molecule has 0 aromatic carbocycles. The number of rotatable bonds is 3. The third kappa shape index (κ3) is 2.25. The number of carboxylic acid groups (broad SMARTS) is 1. The summed E-state index contributed by atoms with van der Waals surface area (Å²) >= 11 is 0. The van der Waals surface area contributed by atoms with E-state index >= 15 is 0 Å². The Morgan fingerprint density at radius 2 is 2.36 bits per heavy atom. The molecule has 0 spiro atoms. The van der Waals surface area contributed by atoms with Crippen molar-refractivity contribution in [1.29, 1.82) is 0 Å². The lowest BCUT2D eigenvalue weighted by atomic mass is 9.78. The average Bonchev–Trinajstić information content (AvgIpc) is 2.02. The first-order valence-electron chi connectivity index (χ1n) is 5.20. The van der Waals surface area contributed by atoms with Crippen molar-refractivity contribution in [3.63, 3.8) is 0 Å². The number of likely N-dealkylation sites (tertiary alicyclic amines) is 1. The standard InChI is InChI=1S/C10H20N2O2/c1-3-8-10(11,7-9(13)14)5-4-6-12(8)2/h8H,3-7,11H2,1-2H3,(H,13,14). The Balaban J connectivity index is 2.76. The normalized spacial score (nSPS) is 34.4. The van der Waals surface area contributed by atoms with Crippen molar-refractivity contribution in [2.45, 2.75) is 44.2 Å². The number of likely N-dealkylation sites (N-methyl/N-ethyl adjacent to an activating group) is 1. The van der Waals surface area contributed by atoms with Crippen LogP contribution in [-0.4, -0.2) is 41.1 Å². The van der Waals surface area contributed by atoms with E-state index in [0.717, 1.165) is 25.8 Å². The van der Waals surface area contributed by atoms with Gasteiger partial charge in [0, 0.05) is 11.6 Å². The van der Waals surface area contributed by atoms with Crippen LogP contribution in [0.5, 0.6) is 0 Å². The molecule has 4 heteroatoms. The lowest BCUT2D eigenvalue weighted by molar-refractivity contribution is -0.139. The molecule has 0 amide bonds. The van der Waals surface area contributed by atoms with Gasteiger partial charge in [0.1, 0.15) is 0 Å². The molecule has 1 aliphatic rings. The SMILES string of the molecule is CCC1N(C)CCCC1(N)CC(=O)O. The third-order valence-corrected chi connectivity index (χ3v) is 3.22. The Bertz CT molecular complexity index is 220. The van der Waals surface area contributed by atoms with E-state index < -0.39 is 11.5 Å². The summed E-state index contributed by atoms with van der Waals surface area (Å²) in [5.74, 6) is -0.791. The molecule has 14 heavy (non-hydrogen) atoms. The lowest BCUT2D eigenvalue weighted by Crippen LogP contribution is -2.61. The van der Waals surface area contributed by atoms with E-state index in [9.17, 15) is 4.79 Å². The minimum atomic E-state index is -0.791. The molecule has 0 saturated carbocycles. The summed E-state index contributed by atoms with van der Waals surface area (Å²) in [6, 6.07) is 0.201. The van der Waals surface area contributed by atoms with Crippen molar-refractivity contribution < 1.29 is 9.90 Å². The van der Waals surface area contributed by atoms with Crippen molar-refractivity contribution in [2.24, 2.45) is 5.73 Å². The molecule has 2 unspecified atom stereocenters. The fourth-order valence-electron chi connectivity index (χ4n) is 2.62. The van der Waals surface area contributed by atoms with Crippen LogP contribution in [0.15, 0.2) is 0 Å². The fraction of sp³-hybridized carbons (Fsp3) is 0.900. The highest BCUT2D eigenvalue weighted by Gasteiger charge is 2.40. The zero-order chi connectivity index (χ0) is 10.8. The number of nitrogens with zero attached hydrogens (tertiary/aromatic N) is 1. The quantitative estimate of drug-likeness (QED) is 0.702. The Morgan fingerprint density at radius 3 is 2.86 bits per heavy atom. The summed E-state index contributed by atoms with van der Waals surface area (Å²) < 4.78 is 0. The number of aliphatic carboxylic acids is 1. The van der Waals surface area contributed by atoms with Crippen molar-refractivity contribution in [3.8, 4) is 0 Å². The molecule has 1 saturated heterocycles. The molecule has 1 fully saturated rings. The number of carboxylic acids is 1. The first-order valence-corrected chi connectivity index (χ1v) is 5.20. The van der Waals surface area contributed by atoms with Crippen LogP contribution in [0.4, 0.5) is 0 Å². The van der Waals surface area contributed by atoms with Gasteiger partial charge in [-0.2, -0.15) is 0 Å². The monoisotopic (exact) mass is 200 g/mol. The third-order valence-electron chi connectivity index (χ3n) is 3.22. The molecular formula is C10H20N2O2. The molecule has 0 aliphatic carbocycles. The second-order valence-electron chi connectivity index (χ2n) is 4.31. The highest BCUT2D eigenvalue weighted by atomic mass is 16.4. The van der Waals surface area contributed by atoms with Gasteiger partial charge in [0.2, 0.25) is 0 Å². The first kappa shape index (κ1) is 11.5. The molecule has 1 aliphatic heterocycles. The van der Waals surface area contributed by atoms with Crippen LogP contribution in [-0.2, 0) is 4.79 Å². The lowest BCUT2D eigenvalue weighted by Gasteiger charge is -2.45. The number of carbonyl (C=O) groups is 1. The average molecular weight is 200 g/mol. The maximum Gasteiger partial charge on any atom is 0.305 e. The summed E-state index contributed by atoms with van der Waals surface area (Å²) in [5, 5.41) is 8.83. The van der Waals surface area contributed by atoms with Gasteiger partial charge in [-0.1, -0.05) is 6.92 Å². The number of hydrogen-bond donors (Lipinski definition) is 2. The van der Waals surface area contributed by atoms with Gasteiger partial charge >= 0.3 is 5.97 Å². The first-order chi connectivity index (χ1) is 6.49. The molecule has 2 atom stereocenters. The maximum absolute atomic E-state index is 10.7. The molecule has 0 aromatic rings. The summed E-state index contributed by atoms with van der Waals surface area (Å²) in [6.45, 7) is 3.09. The van der Waals surface area contributed by atoms with Crippen LogP contribution >= 0.6 is 0 Å². The minimum Gasteiger partial charge on any atom is -0.481 e. The summed E-state index contributed by atoms with van der Waals surface area (Å²) in [6.07, 6.45) is 2.81. The van der Waals surface area contributed by atoms with E-state index in [1.807, 2.05) is 7.05 Å². The fourth-order valence-corrected chi connectivity index (χ4v) is 2.62. The van der Waals surface area contributed by atoms with Gasteiger partial charge in [0.25, 0.3) is 0 Å². The topological polar surface area (TPSA) is 66.6 Å². The largest absolute Gasteiger partial charge is 0.481 e. The number of nitrogens with two attached hydrogens (primary N) is 1. The van der Waals surface area contributed by atoms with Crippen molar-refractivity contribution in [3.05, 3.63) is 0 Å². The Hall–Kier alpha value is -0.610. The maximum atomic E-state index is 10.7. The van der Waals surface area contributed by atoms with Gasteiger partial charge in [0.05, 0.1) is 6.42 Å². The zero-order valence-corrected chi connectivity index (χ0v) is 8.99. The van der Waals surface area contributed by atoms with Gasteiger partial charge in [-0.05, 0) is 32.9 Å². The number of hydrogen-bond acceptors (Lipinski definition) is 3. The van der Waals surface area contributed by atoms with E-state index in [-0.39, 0.29) is 12.5 Å². The van der Waals surface area contributed by atoms with Gasteiger partial charge in [-0.25, -0.2) is 0 Å². The summed E-state index contributed by atoms with van der Waals surface area (Å²) in [5.41, 5.74) is 5.65. The van der Waals surface area contributed by atoms with Gasteiger partial charge in [0.15, 0.2) is 0 Å². The summed E-state index contributed by atoms with van der Waals surface area (Å²) in [4.78, 5) is 12.9. The zero-order valence-electron chi connectivity index (χ0n) is 8.99. The molecule has 1 rings (SSSR count). The van der Waals surface area contributed by atoms with Crippen molar-refractivity contribution >= 4 is 5.97 Å². The van der Waals surface area contributed by atoms with Crippen LogP contribution in [0, 0.1) is 0 Å². The van der Waals surface area contributed by atoms with Crippen LogP contribution in [0.1, 0.15) is 32.6 Å². The van der Waals surface area contributed by atoms with E-state index in [2.05, 4.69) is 11.8 Å². The van der Waals surface area contributed by atoms with Crippen LogP contribution < -0.4 is 5.73 Å². The number of piperidine rings is 1. The van der Waals surface area contributed by atoms with E-state index in [4.69, 9.17) is 10.8 Å². The van der Waals surface area contributed by atoms with Gasteiger partial charge in [-0.3, -0.25) is 4.79 Å². The van der Waals surface area contributed by atoms with E-state index in [0.29, 0.717) is 0 Å². The Morgan fingerprint density at radius 1 is 1.71 bits per heavy atom. The predicted molar refractivity (Wildman–Crippen MR) is 55.1 cm³/mol. The summed E-state index contributed by atoms with van der Waals surface area (Å²) in [7, 11) is 2.02. The smallest absolute Gasteiger partial charge is 0.305 e. The molecule has 0 aromatic heterocycles. The van der Waals surface area contributed by atoms with E-state index in [1.54, 1.807) is 0 Å². The second kappa shape index (κ2) is 4.28. The van der Waals surface area contributed by atoms with Crippen LogP contribution in [0.3, 0.4) is 0 Å². The molecule has 0 radical (unpaired) electrons. The van der Waals surface area contributed by atoms with Crippen molar-refractivity contribution in [1.82, 2.24) is 4.90 Å². The highest BCUT2D eigenvalue weighted by Crippen LogP contribution is 2.29. The van der Waals surface area contributed by atoms with Crippen LogP contribution in [0.2, 0.25) is 0 Å². The van der Waals surface area contributed by atoms with Gasteiger partial charge < -0.3 is 15.7 Å². The molecule has 4 nitrogen and oxygen atoms in total. The van der Waals surface area contributed by atoms with E-state index in [1.165, 1.54) is 0 Å². The van der Waals surface area contributed by atoms with Gasteiger partial charge in [-0.15, -0.1) is 0 Å². The highest BCUT2D eigenvalue weighted by molar-refractivity contribution is 5.68. The molecular weight excluding hydrogens is 180 g/mol. The Labute approximate surface area is 85.1 Å². The predicted octanol–water partition coefficient (Wildman–Crippen LogP) is 0.663. The second-order valence-corrected chi connectivity index (χ2v) is 4.31. The van der Waals surface area contributed by atoms with Crippen LogP contribution in [0.25, 0.3) is 0 Å². The minimum absolute atomic E-state index is 0.0792. The Kier molecular flexibility index (Phi) is 3.50. The molecule has 0 bridgehead atoms. The molecule has 3 N–H and O–H groups in total. The molecule has 82 valence electrons.